The fraction of sp³-hybridized carbons (Fsp3) is 0.296. The Labute approximate surface area is 201 Å². The van der Waals surface area contributed by atoms with Crippen LogP contribution in [0.25, 0.3) is 0 Å². The number of rotatable bonds is 6. The number of hydrogen-bond donors (Lipinski definition) is 1. The van der Waals surface area contributed by atoms with Crippen molar-refractivity contribution in [3.05, 3.63) is 94.5 Å². The minimum atomic E-state index is -3.87. The van der Waals surface area contributed by atoms with Gasteiger partial charge in [-0.05, 0) is 54.7 Å². The van der Waals surface area contributed by atoms with E-state index in [4.69, 9.17) is 11.6 Å². The van der Waals surface area contributed by atoms with Gasteiger partial charge in [-0.3, -0.25) is 9.52 Å². The van der Waals surface area contributed by atoms with E-state index in [-0.39, 0.29) is 21.9 Å². The molecule has 0 aromatic heterocycles. The second kappa shape index (κ2) is 10.5. The van der Waals surface area contributed by atoms with E-state index in [2.05, 4.69) is 4.72 Å². The number of sulfonamides is 1. The van der Waals surface area contributed by atoms with Crippen LogP contribution in [0.3, 0.4) is 0 Å². The largest absolute Gasteiger partial charge is 0.289 e. The van der Waals surface area contributed by atoms with Gasteiger partial charge in [0.1, 0.15) is 0 Å². The van der Waals surface area contributed by atoms with Crippen LogP contribution in [0, 0.1) is 0 Å². The molecule has 0 atom stereocenters. The van der Waals surface area contributed by atoms with E-state index < -0.39 is 10.0 Å². The Balaban J connectivity index is 1.57. The van der Waals surface area contributed by atoms with Crippen molar-refractivity contribution in [3.8, 4) is 0 Å². The van der Waals surface area contributed by atoms with Crippen molar-refractivity contribution < 1.29 is 13.2 Å². The maximum Gasteiger partial charge on any atom is 0.261 e. The molecule has 0 spiro atoms. The minimum absolute atomic E-state index is 0.171. The van der Waals surface area contributed by atoms with E-state index in [9.17, 15) is 13.2 Å². The van der Waals surface area contributed by atoms with Gasteiger partial charge in [-0.2, -0.15) is 0 Å². The molecule has 1 saturated carbocycles. The van der Waals surface area contributed by atoms with E-state index in [0.29, 0.717) is 16.5 Å². The molecule has 0 saturated heterocycles. The highest BCUT2D eigenvalue weighted by Gasteiger charge is 2.21. The molecule has 4 nitrogen and oxygen atoms in total. The first-order chi connectivity index (χ1) is 15.9. The van der Waals surface area contributed by atoms with Gasteiger partial charge < -0.3 is 0 Å². The van der Waals surface area contributed by atoms with Crippen molar-refractivity contribution >= 4 is 33.1 Å². The summed E-state index contributed by atoms with van der Waals surface area (Å²) in [5.41, 5.74) is 2.08. The Morgan fingerprint density at radius 3 is 2.12 bits per heavy atom. The van der Waals surface area contributed by atoms with Crippen molar-refractivity contribution in [2.75, 3.05) is 4.72 Å². The molecule has 3 aromatic rings. The molecule has 0 heterocycles. The zero-order valence-corrected chi connectivity index (χ0v) is 20.0. The van der Waals surface area contributed by atoms with Gasteiger partial charge in [-0.25, -0.2) is 8.42 Å². The third-order valence-corrected chi connectivity index (χ3v) is 7.89. The average Bonchev–Trinajstić information content (AvgIpc) is 2.80. The molecule has 3 aromatic carbocycles. The predicted molar refractivity (Wildman–Crippen MR) is 134 cm³/mol. The summed E-state index contributed by atoms with van der Waals surface area (Å²) < 4.78 is 28.9. The Bertz CT molecular complexity index is 1200. The van der Waals surface area contributed by atoms with Crippen LogP contribution in [0.15, 0.2) is 77.7 Å². The first-order valence-corrected chi connectivity index (χ1v) is 13.3. The zero-order chi connectivity index (χ0) is 23.3. The summed E-state index contributed by atoms with van der Waals surface area (Å²) in [6.07, 6.45) is 8.62. The Kier molecular flexibility index (Phi) is 7.51. The number of anilines is 1. The van der Waals surface area contributed by atoms with Crippen LogP contribution in [0.2, 0.25) is 5.02 Å². The third kappa shape index (κ3) is 5.84. The maximum absolute atomic E-state index is 13.1. The van der Waals surface area contributed by atoms with Crippen LogP contribution >= 0.6 is 11.6 Å². The molecular weight excluding hydrogens is 454 g/mol. The molecule has 0 radical (unpaired) electrons. The van der Waals surface area contributed by atoms with Crippen molar-refractivity contribution in [3.63, 3.8) is 0 Å². The average molecular weight is 482 g/mol. The molecule has 33 heavy (non-hydrogen) atoms. The molecule has 1 N–H and O–H groups in total. The number of halogens is 1. The Morgan fingerprint density at radius 2 is 1.45 bits per heavy atom. The van der Waals surface area contributed by atoms with Gasteiger partial charge in [0.05, 0.1) is 10.6 Å². The maximum atomic E-state index is 13.1. The molecular formula is C27H28ClNO3S. The molecule has 0 unspecified atom stereocenters. The van der Waals surface area contributed by atoms with Crippen LogP contribution in [-0.2, 0) is 10.0 Å². The highest BCUT2D eigenvalue weighted by molar-refractivity contribution is 7.92. The molecule has 172 valence electrons. The highest BCUT2D eigenvalue weighted by Crippen LogP contribution is 2.32. The summed E-state index contributed by atoms with van der Waals surface area (Å²) >= 11 is 6.12. The number of nitrogens with one attached hydrogen (secondary N) is 1. The highest BCUT2D eigenvalue weighted by atomic mass is 35.5. The van der Waals surface area contributed by atoms with Crippen molar-refractivity contribution in [2.45, 2.75) is 55.8 Å². The van der Waals surface area contributed by atoms with Gasteiger partial charge in [0.2, 0.25) is 0 Å². The lowest BCUT2D eigenvalue weighted by atomic mass is 9.86. The fourth-order valence-electron chi connectivity index (χ4n) is 4.45. The fourth-order valence-corrected chi connectivity index (χ4v) is 5.70. The molecule has 1 fully saturated rings. The first-order valence-electron chi connectivity index (χ1n) is 11.5. The summed E-state index contributed by atoms with van der Waals surface area (Å²) in [5.74, 6) is 0.191. The van der Waals surface area contributed by atoms with E-state index in [1.54, 1.807) is 42.5 Å². The summed E-state index contributed by atoms with van der Waals surface area (Å²) in [6, 6.07) is 20.5. The molecule has 0 aliphatic heterocycles. The number of benzene rings is 3. The van der Waals surface area contributed by atoms with Crippen LogP contribution in [0.5, 0.6) is 0 Å². The van der Waals surface area contributed by atoms with E-state index in [0.717, 1.165) is 12.8 Å². The second-order valence-corrected chi connectivity index (χ2v) is 10.7. The first kappa shape index (κ1) is 23.5. The normalized spacial score (nSPS) is 15.4. The van der Waals surface area contributed by atoms with Gasteiger partial charge in [0, 0.05) is 16.1 Å². The monoisotopic (exact) mass is 481 g/mol. The van der Waals surface area contributed by atoms with Crippen molar-refractivity contribution in [1.82, 2.24) is 0 Å². The molecule has 0 bridgehead atoms. The lowest BCUT2D eigenvalue weighted by molar-refractivity contribution is 0.103. The number of hydrogen-bond acceptors (Lipinski definition) is 3. The summed E-state index contributed by atoms with van der Waals surface area (Å²) in [7, 11) is -3.87. The lowest BCUT2D eigenvalue weighted by Crippen LogP contribution is -2.16. The van der Waals surface area contributed by atoms with Gasteiger partial charge in [0.15, 0.2) is 5.78 Å². The van der Waals surface area contributed by atoms with Crippen molar-refractivity contribution in [1.29, 1.82) is 0 Å². The molecule has 6 heteroatoms. The Hall–Kier alpha value is -2.63. The zero-order valence-electron chi connectivity index (χ0n) is 18.5. The van der Waals surface area contributed by atoms with Crippen LogP contribution in [0.1, 0.15) is 72.3 Å². The predicted octanol–water partition coefficient (Wildman–Crippen LogP) is 7.20. The summed E-state index contributed by atoms with van der Waals surface area (Å²) in [4.78, 5) is 13.2. The molecule has 1 aliphatic rings. The summed E-state index contributed by atoms with van der Waals surface area (Å²) in [5, 5.41) is 0.362. The van der Waals surface area contributed by atoms with E-state index in [1.165, 1.54) is 49.8 Å². The second-order valence-electron chi connectivity index (χ2n) is 8.60. The molecule has 0 amide bonds. The van der Waals surface area contributed by atoms with Crippen LogP contribution in [0.4, 0.5) is 5.69 Å². The molecule has 1 aliphatic carbocycles. The van der Waals surface area contributed by atoms with E-state index >= 15 is 0 Å². The van der Waals surface area contributed by atoms with Crippen molar-refractivity contribution in [2.24, 2.45) is 0 Å². The van der Waals surface area contributed by atoms with Crippen LogP contribution < -0.4 is 4.72 Å². The van der Waals surface area contributed by atoms with Gasteiger partial charge in [0.25, 0.3) is 10.0 Å². The third-order valence-electron chi connectivity index (χ3n) is 6.27. The number of carbonyl (C=O) groups is 1. The van der Waals surface area contributed by atoms with Gasteiger partial charge in [-0.1, -0.05) is 86.2 Å². The lowest BCUT2D eigenvalue weighted by Gasteiger charge is -2.20. The molecule has 4 rings (SSSR count). The minimum Gasteiger partial charge on any atom is -0.289 e. The smallest absolute Gasteiger partial charge is 0.261 e. The quantitative estimate of drug-likeness (QED) is 0.378. The standard InChI is InChI=1S/C27H28ClNO3S/c28-23-15-18-26(25(19-23)27(30)22-11-7-4-8-12-22)29-33(31,32)24-16-13-21(14-17-24)20-9-5-2-1-3-6-10-20/h4,7-8,11-20,29H,1-3,5-6,9-10H2. The topological polar surface area (TPSA) is 63.2 Å². The summed E-state index contributed by atoms with van der Waals surface area (Å²) in [6.45, 7) is 0. The Morgan fingerprint density at radius 1 is 0.818 bits per heavy atom. The van der Waals surface area contributed by atoms with E-state index in [1.807, 2.05) is 18.2 Å². The van der Waals surface area contributed by atoms with Crippen LogP contribution in [-0.4, -0.2) is 14.2 Å². The van der Waals surface area contributed by atoms with Gasteiger partial charge >= 0.3 is 0 Å². The number of ketones is 1. The SMILES string of the molecule is O=C(c1ccccc1)c1cc(Cl)ccc1NS(=O)(=O)c1ccc(C2CCCCCCC2)cc1. The number of carbonyl (C=O) groups excluding carboxylic acids is 1. The van der Waals surface area contributed by atoms with Gasteiger partial charge in [-0.15, -0.1) is 0 Å².